The topological polar surface area (TPSA) is 40.5 Å². The molecule has 2 nitrogen and oxygen atoms in total. The molecule has 0 bridgehead atoms. The lowest BCUT2D eigenvalue weighted by atomic mass is 10.1. The highest BCUT2D eigenvalue weighted by Gasteiger charge is 2.12. The second-order valence-electron chi connectivity index (χ2n) is 5.40. The molecule has 2 N–H and O–H groups in total. The smallest absolute Gasteiger partial charge is 0.130 e. The molecule has 0 atom stereocenters. The minimum Gasteiger partial charge on any atom is -0.507 e. The van der Waals surface area contributed by atoms with E-state index in [1.165, 1.54) is 11.8 Å². The Kier molecular flexibility index (Phi) is 3.36. The number of phenols is 2. The Morgan fingerprint density at radius 1 is 0.609 bits per heavy atom. The summed E-state index contributed by atoms with van der Waals surface area (Å²) in [6, 6.07) is 23.1. The average Bonchev–Trinajstić information content (AvgIpc) is 2.58. The van der Waals surface area contributed by atoms with Crippen LogP contribution in [0.4, 0.5) is 0 Å². The van der Waals surface area contributed by atoms with E-state index in [9.17, 15) is 10.2 Å². The number of benzene rings is 4. The van der Waals surface area contributed by atoms with E-state index in [2.05, 4.69) is 0 Å². The molecular weight excluding hydrogens is 304 g/mol. The Labute approximate surface area is 138 Å². The first-order valence-electron chi connectivity index (χ1n) is 7.33. The Morgan fingerprint density at radius 2 is 1.26 bits per heavy atom. The van der Waals surface area contributed by atoms with Crippen LogP contribution in [0, 0.1) is 0 Å². The number of hydrogen-bond donors (Lipinski definition) is 2. The van der Waals surface area contributed by atoms with Crippen LogP contribution in [-0.2, 0) is 0 Å². The van der Waals surface area contributed by atoms with Crippen LogP contribution in [0.25, 0.3) is 21.5 Å². The van der Waals surface area contributed by atoms with Crippen LogP contribution in [0.15, 0.2) is 82.6 Å². The summed E-state index contributed by atoms with van der Waals surface area (Å²) in [5.74, 6) is 0.447. The van der Waals surface area contributed by atoms with Crippen LogP contribution in [-0.4, -0.2) is 10.2 Å². The molecule has 23 heavy (non-hydrogen) atoms. The quantitative estimate of drug-likeness (QED) is 0.508. The second-order valence-corrected chi connectivity index (χ2v) is 6.46. The van der Waals surface area contributed by atoms with Gasteiger partial charge in [-0.2, -0.15) is 0 Å². The third-order valence-corrected chi connectivity index (χ3v) is 5.08. The van der Waals surface area contributed by atoms with Crippen molar-refractivity contribution in [3.8, 4) is 11.5 Å². The van der Waals surface area contributed by atoms with Gasteiger partial charge in [-0.05, 0) is 39.7 Å². The maximum absolute atomic E-state index is 10.3. The standard InChI is InChI=1S/C20H14O2S/c21-17-10-9-13-5-3-4-8-16(13)20(17)23-19-12-15-7-2-1-6-14(15)11-18(19)22/h1-12,21-22H. The van der Waals surface area contributed by atoms with Crippen LogP contribution in [0.2, 0.25) is 0 Å². The lowest BCUT2D eigenvalue weighted by Crippen LogP contribution is -1.82. The molecule has 0 aromatic heterocycles. The molecule has 0 spiro atoms. The summed E-state index contributed by atoms with van der Waals surface area (Å²) in [4.78, 5) is 1.49. The van der Waals surface area contributed by atoms with Gasteiger partial charge in [0.25, 0.3) is 0 Å². The molecule has 4 rings (SSSR count). The first kappa shape index (κ1) is 14.0. The highest BCUT2D eigenvalue weighted by molar-refractivity contribution is 7.99. The highest BCUT2D eigenvalue weighted by atomic mass is 32.2. The summed E-state index contributed by atoms with van der Waals surface area (Å²) < 4.78 is 0. The maximum Gasteiger partial charge on any atom is 0.130 e. The molecule has 0 amide bonds. The summed E-state index contributed by atoms with van der Waals surface area (Å²) >= 11 is 1.39. The highest BCUT2D eigenvalue weighted by Crippen LogP contribution is 2.43. The van der Waals surface area contributed by atoms with Gasteiger partial charge in [0.1, 0.15) is 11.5 Å². The minimum atomic E-state index is 0.223. The summed E-state index contributed by atoms with van der Waals surface area (Å²) in [7, 11) is 0. The molecular formula is C20H14O2S. The van der Waals surface area contributed by atoms with E-state index in [4.69, 9.17) is 0 Å². The van der Waals surface area contributed by atoms with Gasteiger partial charge < -0.3 is 10.2 Å². The van der Waals surface area contributed by atoms with Crippen LogP contribution in [0.5, 0.6) is 11.5 Å². The third-order valence-electron chi connectivity index (χ3n) is 3.90. The molecule has 4 aromatic rings. The first-order chi connectivity index (χ1) is 11.2. The van der Waals surface area contributed by atoms with E-state index in [1.807, 2.05) is 60.7 Å². The molecule has 0 unspecified atom stereocenters. The molecule has 0 saturated heterocycles. The molecule has 0 heterocycles. The fourth-order valence-electron chi connectivity index (χ4n) is 2.74. The van der Waals surface area contributed by atoms with Crippen molar-refractivity contribution in [2.75, 3.05) is 0 Å². The normalized spacial score (nSPS) is 11.1. The Bertz CT molecular complexity index is 1020. The van der Waals surface area contributed by atoms with E-state index in [0.29, 0.717) is 0 Å². The van der Waals surface area contributed by atoms with Crippen LogP contribution < -0.4 is 0 Å². The van der Waals surface area contributed by atoms with Crippen LogP contribution in [0.1, 0.15) is 0 Å². The van der Waals surface area contributed by atoms with Crippen molar-refractivity contribution in [2.45, 2.75) is 9.79 Å². The zero-order chi connectivity index (χ0) is 15.8. The van der Waals surface area contributed by atoms with Gasteiger partial charge in [-0.15, -0.1) is 0 Å². The van der Waals surface area contributed by atoms with Gasteiger partial charge in [-0.25, -0.2) is 0 Å². The zero-order valence-corrected chi connectivity index (χ0v) is 13.0. The molecule has 0 fully saturated rings. The zero-order valence-electron chi connectivity index (χ0n) is 12.2. The van der Waals surface area contributed by atoms with Gasteiger partial charge in [0.05, 0.1) is 9.79 Å². The lowest BCUT2D eigenvalue weighted by molar-refractivity contribution is 0.461. The number of rotatable bonds is 2. The maximum atomic E-state index is 10.3. The molecule has 4 aromatic carbocycles. The number of phenolic OH excluding ortho intramolecular Hbond substituents is 2. The van der Waals surface area contributed by atoms with Crippen molar-refractivity contribution in [3.63, 3.8) is 0 Å². The molecule has 0 aliphatic carbocycles. The average molecular weight is 318 g/mol. The molecule has 0 radical (unpaired) electrons. The van der Waals surface area contributed by atoms with Crippen molar-refractivity contribution in [2.24, 2.45) is 0 Å². The van der Waals surface area contributed by atoms with E-state index in [0.717, 1.165) is 31.3 Å². The van der Waals surface area contributed by atoms with Crippen molar-refractivity contribution >= 4 is 33.3 Å². The molecule has 112 valence electrons. The molecule has 0 aliphatic heterocycles. The first-order valence-corrected chi connectivity index (χ1v) is 8.14. The van der Waals surface area contributed by atoms with E-state index >= 15 is 0 Å². The van der Waals surface area contributed by atoms with Crippen LogP contribution >= 0.6 is 11.8 Å². The summed E-state index contributed by atoms with van der Waals surface area (Å²) in [6.07, 6.45) is 0. The summed E-state index contributed by atoms with van der Waals surface area (Å²) in [5.41, 5.74) is 0. The van der Waals surface area contributed by atoms with Gasteiger partial charge in [-0.1, -0.05) is 66.4 Å². The SMILES string of the molecule is Oc1cc2ccccc2cc1Sc1c(O)ccc2ccccc12. The summed E-state index contributed by atoms with van der Waals surface area (Å²) in [5, 5.41) is 24.7. The number of fused-ring (bicyclic) bond motifs is 2. The van der Waals surface area contributed by atoms with Crippen molar-refractivity contribution in [1.29, 1.82) is 0 Å². The predicted molar refractivity (Wildman–Crippen MR) is 95.3 cm³/mol. The van der Waals surface area contributed by atoms with E-state index in [1.54, 1.807) is 12.1 Å². The third kappa shape index (κ3) is 2.49. The Morgan fingerprint density at radius 3 is 2.04 bits per heavy atom. The number of hydrogen-bond acceptors (Lipinski definition) is 3. The summed E-state index contributed by atoms with van der Waals surface area (Å²) in [6.45, 7) is 0. The Balaban J connectivity index is 1.88. The van der Waals surface area contributed by atoms with Gasteiger partial charge in [0.15, 0.2) is 0 Å². The molecule has 0 aliphatic rings. The Hall–Kier alpha value is -2.65. The fourth-order valence-corrected chi connectivity index (χ4v) is 3.78. The molecule has 3 heteroatoms. The van der Waals surface area contributed by atoms with E-state index in [-0.39, 0.29) is 11.5 Å². The van der Waals surface area contributed by atoms with Crippen LogP contribution in [0.3, 0.4) is 0 Å². The van der Waals surface area contributed by atoms with Crippen molar-refractivity contribution < 1.29 is 10.2 Å². The fraction of sp³-hybridized carbons (Fsp3) is 0. The monoisotopic (exact) mass is 318 g/mol. The minimum absolute atomic E-state index is 0.223. The van der Waals surface area contributed by atoms with Gasteiger partial charge in [0.2, 0.25) is 0 Å². The van der Waals surface area contributed by atoms with Gasteiger partial charge in [0, 0.05) is 0 Å². The van der Waals surface area contributed by atoms with Gasteiger partial charge >= 0.3 is 0 Å². The van der Waals surface area contributed by atoms with Crippen molar-refractivity contribution in [1.82, 2.24) is 0 Å². The largest absolute Gasteiger partial charge is 0.507 e. The van der Waals surface area contributed by atoms with Crippen molar-refractivity contribution in [3.05, 3.63) is 72.8 Å². The van der Waals surface area contributed by atoms with Gasteiger partial charge in [-0.3, -0.25) is 0 Å². The number of aromatic hydroxyl groups is 2. The predicted octanol–water partition coefficient (Wildman–Crippen LogP) is 5.56. The molecule has 0 saturated carbocycles. The lowest BCUT2D eigenvalue weighted by Gasteiger charge is -2.11. The van der Waals surface area contributed by atoms with E-state index < -0.39 is 0 Å². The second kappa shape index (κ2) is 5.52.